The van der Waals surface area contributed by atoms with Gasteiger partial charge in [0.1, 0.15) is 9.52 Å². The second-order valence-corrected chi connectivity index (χ2v) is 4.90. The lowest BCUT2D eigenvalue weighted by atomic mass is 10.2. The van der Waals surface area contributed by atoms with Crippen molar-refractivity contribution in [2.24, 2.45) is 0 Å². The maximum atomic E-state index is 4.38. The standard InChI is InChI=1S/C10H12IN5/c11-9-2-5-16(14-9)8-6-10(13-12-7-8)15-3-1-4-15/h2,5-7,12-13H,1,3-4H2. The Labute approximate surface area is 107 Å². The molecule has 0 saturated carbocycles. The SMILES string of the molecule is Ic1ccn(C2=CNNC(N3CCC3)=C2)n1. The van der Waals surface area contributed by atoms with Crippen LogP contribution in [0.2, 0.25) is 0 Å². The van der Waals surface area contributed by atoms with Gasteiger partial charge in [-0.15, -0.1) is 0 Å². The molecule has 0 amide bonds. The molecule has 1 saturated heterocycles. The number of nitrogens with zero attached hydrogens (tertiary/aromatic N) is 3. The fraction of sp³-hybridized carbons (Fsp3) is 0.300. The largest absolute Gasteiger partial charge is 0.357 e. The van der Waals surface area contributed by atoms with E-state index in [1.165, 1.54) is 6.42 Å². The summed E-state index contributed by atoms with van der Waals surface area (Å²) in [5.41, 5.74) is 7.25. The summed E-state index contributed by atoms with van der Waals surface area (Å²) in [7, 11) is 0. The number of rotatable bonds is 2. The molecule has 3 heterocycles. The highest BCUT2D eigenvalue weighted by atomic mass is 127. The van der Waals surface area contributed by atoms with E-state index in [9.17, 15) is 0 Å². The second kappa shape index (κ2) is 4.00. The van der Waals surface area contributed by atoms with Gasteiger partial charge >= 0.3 is 0 Å². The molecule has 1 aromatic rings. The normalized spacial score (nSPS) is 19.2. The predicted octanol–water partition coefficient (Wildman–Crippen LogP) is 0.941. The summed E-state index contributed by atoms with van der Waals surface area (Å²) in [6.45, 7) is 2.26. The minimum absolute atomic E-state index is 0.996. The van der Waals surface area contributed by atoms with Crippen molar-refractivity contribution in [3.05, 3.63) is 34.1 Å². The quantitative estimate of drug-likeness (QED) is 0.793. The van der Waals surface area contributed by atoms with Crippen LogP contribution in [0.5, 0.6) is 0 Å². The Bertz CT molecular complexity index is 458. The number of halogens is 1. The third-order valence-corrected chi connectivity index (χ3v) is 3.30. The Kier molecular flexibility index (Phi) is 2.50. The van der Waals surface area contributed by atoms with Crippen molar-refractivity contribution in [3.8, 4) is 0 Å². The predicted molar refractivity (Wildman–Crippen MR) is 69.8 cm³/mol. The van der Waals surface area contributed by atoms with Gasteiger partial charge < -0.3 is 10.3 Å². The van der Waals surface area contributed by atoms with E-state index in [1.807, 2.05) is 23.1 Å². The van der Waals surface area contributed by atoms with E-state index in [2.05, 4.69) is 49.5 Å². The number of hydrazine groups is 1. The van der Waals surface area contributed by atoms with Crippen LogP contribution in [0.15, 0.2) is 30.4 Å². The van der Waals surface area contributed by atoms with E-state index < -0.39 is 0 Å². The Morgan fingerprint density at radius 3 is 2.88 bits per heavy atom. The molecule has 6 heteroatoms. The average molecular weight is 329 g/mol. The topological polar surface area (TPSA) is 45.1 Å². The molecule has 0 unspecified atom stereocenters. The zero-order chi connectivity index (χ0) is 11.0. The fourth-order valence-electron chi connectivity index (χ4n) is 1.71. The van der Waals surface area contributed by atoms with Crippen LogP contribution < -0.4 is 10.9 Å². The molecule has 0 atom stereocenters. The second-order valence-electron chi connectivity index (χ2n) is 3.79. The van der Waals surface area contributed by atoms with Gasteiger partial charge in [-0.05, 0) is 35.1 Å². The molecular weight excluding hydrogens is 317 g/mol. The smallest absolute Gasteiger partial charge is 0.123 e. The molecule has 0 radical (unpaired) electrons. The van der Waals surface area contributed by atoms with Gasteiger partial charge in [-0.1, -0.05) is 0 Å². The van der Waals surface area contributed by atoms with Crippen molar-refractivity contribution in [3.63, 3.8) is 0 Å². The Hall–Kier alpha value is -1.18. The van der Waals surface area contributed by atoms with Crippen LogP contribution in [-0.4, -0.2) is 27.8 Å². The lowest BCUT2D eigenvalue weighted by Gasteiger charge is -2.36. The monoisotopic (exact) mass is 329 g/mol. The summed E-state index contributed by atoms with van der Waals surface area (Å²) < 4.78 is 2.87. The first-order valence-electron chi connectivity index (χ1n) is 5.23. The van der Waals surface area contributed by atoms with Crippen LogP contribution in [-0.2, 0) is 0 Å². The van der Waals surface area contributed by atoms with E-state index in [0.29, 0.717) is 0 Å². The maximum Gasteiger partial charge on any atom is 0.123 e. The van der Waals surface area contributed by atoms with E-state index in [0.717, 1.165) is 28.3 Å². The molecule has 1 fully saturated rings. The molecule has 3 rings (SSSR count). The molecule has 0 spiro atoms. The minimum atomic E-state index is 0.996. The first-order chi connectivity index (χ1) is 7.83. The van der Waals surface area contributed by atoms with Gasteiger partial charge in [-0.25, -0.2) is 4.68 Å². The van der Waals surface area contributed by atoms with Crippen LogP contribution in [0.4, 0.5) is 0 Å². The van der Waals surface area contributed by atoms with Crippen molar-refractivity contribution >= 4 is 28.3 Å². The molecular formula is C10H12IN5. The van der Waals surface area contributed by atoms with Crippen molar-refractivity contribution in [1.29, 1.82) is 0 Å². The van der Waals surface area contributed by atoms with Crippen LogP contribution in [0.25, 0.3) is 5.70 Å². The molecule has 16 heavy (non-hydrogen) atoms. The highest BCUT2D eigenvalue weighted by Crippen LogP contribution is 2.17. The zero-order valence-electron chi connectivity index (χ0n) is 8.65. The van der Waals surface area contributed by atoms with E-state index in [1.54, 1.807) is 0 Å². The molecule has 0 aromatic carbocycles. The highest BCUT2D eigenvalue weighted by molar-refractivity contribution is 14.1. The van der Waals surface area contributed by atoms with Gasteiger partial charge in [0, 0.05) is 31.6 Å². The number of likely N-dealkylation sites (tertiary alicyclic amines) is 1. The lowest BCUT2D eigenvalue weighted by Crippen LogP contribution is -2.45. The van der Waals surface area contributed by atoms with Gasteiger partial charge in [0.05, 0.1) is 5.70 Å². The molecule has 2 aliphatic rings. The maximum absolute atomic E-state index is 4.38. The summed E-state index contributed by atoms with van der Waals surface area (Å²) in [5.74, 6) is 1.12. The van der Waals surface area contributed by atoms with Gasteiger partial charge in [0.2, 0.25) is 0 Å². The van der Waals surface area contributed by atoms with Crippen LogP contribution in [0.3, 0.4) is 0 Å². The fourth-order valence-corrected chi connectivity index (χ4v) is 2.10. The first-order valence-corrected chi connectivity index (χ1v) is 6.31. The summed E-state index contributed by atoms with van der Waals surface area (Å²) in [6, 6.07) is 1.99. The third kappa shape index (κ3) is 1.77. The van der Waals surface area contributed by atoms with E-state index >= 15 is 0 Å². The van der Waals surface area contributed by atoms with Crippen LogP contribution >= 0.6 is 22.6 Å². The minimum Gasteiger partial charge on any atom is -0.357 e. The zero-order valence-corrected chi connectivity index (χ0v) is 10.8. The van der Waals surface area contributed by atoms with Gasteiger partial charge in [-0.3, -0.25) is 5.43 Å². The molecule has 5 nitrogen and oxygen atoms in total. The summed E-state index contributed by atoms with van der Waals surface area (Å²) in [5, 5.41) is 4.38. The number of hydrogen-bond acceptors (Lipinski definition) is 4. The van der Waals surface area contributed by atoms with Crippen molar-refractivity contribution in [2.75, 3.05) is 13.1 Å². The number of allylic oxidation sites excluding steroid dienone is 2. The van der Waals surface area contributed by atoms with Crippen LogP contribution in [0.1, 0.15) is 6.42 Å². The first kappa shape index (κ1) is 10.0. The third-order valence-electron chi connectivity index (χ3n) is 2.72. The molecule has 0 bridgehead atoms. The Morgan fingerprint density at radius 1 is 1.38 bits per heavy atom. The summed E-state index contributed by atoms with van der Waals surface area (Å²) >= 11 is 2.21. The number of hydrogen-bond donors (Lipinski definition) is 2. The summed E-state index contributed by atoms with van der Waals surface area (Å²) in [4.78, 5) is 2.30. The van der Waals surface area contributed by atoms with Crippen LogP contribution in [0, 0.1) is 3.70 Å². The van der Waals surface area contributed by atoms with E-state index in [4.69, 9.17) is 0 Å². The highest BCUT2D eigenvalue weighted by Gasteiger charge is 2.19. The molecule has 1 aromatic heterocycles. The van der Waals surface area contributed by atoms with Crippen molar-refractivity contribution < 1.29 is 0 Å². The molecule has 2 N–H and O–H groups in total. The lowest BCUT2D eigenvalue weighted by molar-refractivity contribution is 0.217. The average Bonchev–Trinajstić information content (AvgIpc) is 2.63. The van der Waals surface area contributed by atoms with Gasteiger partial charge in [-0.2, -0.15) is 5.10 Å². The number of nitrogens with one attached hydrogen (secondary N) is 2. The van der Waals surface area contributed by atoms with Crippen molar-refractivity contribution in [2.45, 2.75) is 6.42 Å². The summed E-state index contributed by atoms with van der Waals surface area (Å²) in [6.07, 6.45) is 7.26. The number of aromatic nitrogens is 2. The van der Waals surface area contributed by atoms with E-state index in [-0.39, 0.29) is 0 Å². The Balaban J connectivity index is 1.85. The van der Waals surface area contributed by atoms with Crippen molar-refractivity contribution in [1.82, 2.24) is 25.5 Å². The van der Waals surface area contributed by atoms with Gasteiger partial charge in [0.25, 0.3) is 0 Å². The Morgan fingerprint density at radius 2 is 2.25 bits per heavy atom. The molecule has 2 aliphatic heterocycles. The molecule has 84 valence electrons. The van der Waals surface area contributed by atoms with Gasteiger partial charge in [0.15, 0.2) is 0 Å². The molecule has 0 aliphatic carbocycles.